The molecule has 20 heavy (non-hydrogen) atoms. The first-order valence-electron chi connectivity index (χ1n) is 7.75. The lowest BCUT2D eigenvalue weighted by Gasteiger charge is -2.30. The van der Waals surface area contributed by atoms with Gasteiger partial charge >= 0.3 is 0 Å². The molecule has 0 bridgehead atoms. The maximum absolute atomic E-state index is 6.36. The highest BCUT2D eigenvalue weighted by molar-refractivity contribution is 6.30. The third-order valence-electron chi connectivity index (χ3n) is 4.08. The summed E-state index contributed by atoms with van der Waals surface area (Å²) < 4.78 is 1.77. The van der Waals surface area contributed by atoms with Crippen molar-refractivity contribution < 1.29 is 0 Å². The van der Waals surface area contributed by atoms with Gasteiger partial charge in [0.05, 0.1) is 5.69 Å². The van der Waals surface area contributed by atoms with Crippen molar-refractivity contribution in [2.75, 3.05) is 19.6 Å². The minimum atomic E-state index is 0.631. The topological polar surface area (TPSA) is 33.1 Å². The highest BCUT2D eigenvalue weighted by Gasteiger charge is 2.19. The van der Waals surface area contributed by atoms with Crippen LogP contribution in [-0.2, 0) is 13.6 Å². The van der Waals surface area contributed by atoms with Crippen LogP contribution in [0.15, 0.2) is 0 Å². The Hall–Kier alpha value is -0.580. The number of piperidine rings is 1. The van der Waals surface area contributed by atoms with E-state index in [1.807, 2.05) is 14.0 Å². The predicted octanol–water partition coefficient (Wildman–Crippen LogP) is 2.74. The molecule has 0 spiro atoms. The average molecular weight is 299 g/mol. The van der Waals surface area contributed by atoms with Crippen LogP contribution in [0.4, 0.5) is 0 Å². The second kappa shape index (κ2) is 7.43. The van der Waals surface area contributed by atoms with E-state index >= 15 is 0 Å². The molecule has 1 saturated heterocycles. The maximum Gasteiger partial charge on any atom is 0.131 e. The zero-order valence-corrected chi connectivity index (χ0v) is 13.7. The molecule has 1 aromatic heterocycles. The Balaban J connectivity index is 2.00. The molecule has 0 aliphatic carbocycles. The molecule has 0 amide bonds. The van der Waals surface area contributed by atoms with Crippen molar-refractivity contribution in [2.45, 2.75) is 52.1 Å². The van der Waals surface area contributed by atoms with E-state index in [1.165, 1.54) is 31.2 Å². The van der Waals surface area contributed by atoms with Crippen LogP contribution < -0.4 is 5.32 Å². The van der Waals surface area contributed by atoms with Gasteiger partial charge in [0.2, 0.25) is 0 Å². The first kappa shape index (κ1) is 15.8. The van der Waals surface area contributed by atoms with Crippen molar-refractivity contribution in [1.82, 2.24) is 20.0 Å². The number of hydrogen-bond donors (Lipinski definition) is 1. The monoisotopic (exact) mass is 298 g/mol. The van der Waals surface area contributed by atoms with Crippen LogP contribution in [0.25, 0.3) is 0 Å². The zero-order valence-electron chi connectivity index (χ0n) is 13.0. The molecule has 2 heterocycles. The van der Waals surface area contributed by atoms with Crippen molar-refractivity contribution >= 4 is 11.6 Å². The summed E-state index contributed by atoms with van der Waals surface area (Å²) in [6, 6.07) is 0.631. The van der Waals surface area contributed by atoms with E-state index in [4.69, 9.17) is 11.6 Å². The fourth-order valence-electron chi connectivity index (χ4n) is 3.02. The molecule has 1 atom stereocenters. The fourth-order valence-corrected chi connectivity index (χ4v) is 3.25. The lowest BCUT2D eigenvalue weighted by Crippen LogP contribution is -2.43. The van der Waals surface area contributed by atoms with Crippen LogP contribution in [0.5, 0.6) is 0 Å². The van der Waals surface area contributed by atoms with E-state index in [0.717, 1.165) is 37.0 Å². The summed E-state index contributed by atoms with van der Waals surface area (Å²) in [5.74, 6) is 0. The lowest BCUT2D eigenvalue weighted by molar-refractivity contribution is 0.217. The number of nitrogens with zero attached hydrogens (tertiary/aromatic N) is 3. The Labute approximate surface area is 127 Å². The molecule has 0 radical (unpaired) electrons. The van der Waals surface area contributed by atoms with E-state index in [0.29, 0.717) is 6.04 Å². The summed E-state index contributed by atoms with van der Waals surface area (Å²) in [6.45, 7) is 8.58. The Morgan fingerprint density at radius 1 is 1.45 bits per heavy atom. The smallest absolute Gasteiger partial charge is 0.131 e. The van der Waals surface area contributed by atoms with Crippen LogP contribution in [0.2, 0.25) is 5.15 Å². The second-order valence-corrected chi connectivity index (χ2v) is 6.22. The molecule has 1 aliphatic rings. The molecule has 0 saturated carbocycles. The summed E-state index contributed by atoms with van der Waals surface area (Å²) in [5, 5.41) is 8.82. The summed E-state index contributed by atoms with van der Waals surface area (Å²) in [4.78, 5) is 2.51. The van der Waals surface area contributed by atoms with Crippen molar-refractivity contribution in [1.29, 1.82) is 0 Å². The summed E-state index contributed by atoms with van der Waals surface area (Å²) in [7, 11) is 1.91. The molecule has 0 aromatic carbocycles. The van der Waals surface area contributed by atoms with Gasteiger partial charge in [-0.1, -0.05) is 24.9 Å². The van der Waals surface area contributed by atoms with Crippen LogP contribution in [0.3, 0.4) is 0 Å². The first-order chi connectivity index (χ1) is 9.61. The van der Waals surface area contributed by atoms with Gasteiger partial charge in [-0.15, -0.1) is 0 Å². The fraction of sp³-hybridized carbons (Fsp3) is 0.800. The van der Waals surface area contributed by atoms with E-state index < -0.39 is 0 Å². The van der Waals surface area contributed by atoms with Crippen molar-refractivity contribution in [3.05, 3.63) is 16.4 Å². The molecule has 4 nitrogen and oxygen atoms in total. The summed E-state index contributed by atoms with van der Waals surface area (Å²) >= 11 is 6.36. The van der Waals surface area contributed by atoms with Crippen LogP contribution in [-0.4, -0.2) is 40.4 Å². The van der Waals surface area contributed by atoms with Gasteiger partial charge in [-0.3, -0.25) is 9.58 Å². The molecule has 1 aromatic rings. The molecule has 2 rings (SSSR count). The van der Waals surface area contributed by atoms with Gasteiger partial charge in [-0.25, -0.2) is 0 Å². The zero-order chi connectivity index (χ0) is 14.5. The highest BCUT2D eigenvalue weighted by Crippen LogP contribution is 2.21. The minimum absolute atomic E-state index is 0.631. The minimum Gasteiger partial charge on any atom is -0.313 e. The standard InChI is InChI=1S/C15H27ClN4/c1-4-9-20(10-13-7-5-6-8-17-13)11-14-12(2)18-19(3)15(14)16/h13,17H,4-11H2,1-3H3. The van der Waals surface area contributed by atoms with Gasteiger partial charge in [-0.05, 0) is 39.3 Å². The van der Waals surface area contributed by atoms with Crippen LogP contribution >= 0.6 is 11.6 Å². The number of aryl methyl sites for hydroxylation is 2. The predicted molar refractivity (Wildman–Crippen MR) is 84.2 cm³/mol. The summed E-state index contributed by atoms with van der Waals surface area (Å²) in [6.07, 6.45) is 5.13. The van der Waals surface area contributed by atoms with Crippen LogP contribution in [0.1, 0.15) is 43.9 Å². The van der Waals surface area contributed by atoms with E-state index in [-0.39, 0.29) is 0 Å². The van der Waals surface area contributed by atoms with Crippen LogP contribution in [0, 0.1) is 6.92 Å². The van der Waals surface area contributed by atoms with E-state index in [9.17, 15) is 0 Å². The van der Waals surface area contributed by atoms with Gasteiger partial charge in [-0.2, -0.15) is 5.10 Å². The SMILES string of the molecule is CCCN(Cc1c(C)nn(C)c1Cl)CC1CCCCN1. The van der Waals surface area contributed by atoms with Gasteiger partial charge < -0.3 is 5.32 Å². The van der Waals surface area contributed by atoms with E-state index in [2.05, 4.69) is 22.2 Å². The Morgan fingerprint density at radius 3 is 2.80 bits per heavy atom. The number of nitrogens with one attached hydrogen (secondary N) is 1. The normalized spacial score (nSPS) is 19.8. The Morgan fingerprint density at radius 2 is 2.25 bits per heavy atom. The molecular weight excluding hydrogens is 272 g/mol. The number of aromatic nitrogens is 2. The van der Waals surface area contributed by atoms with Gasteiger partial charge in [0.25, 0.3) is 0 Å². The van der Waals surface area contributed by atoms with Crippen molar-refractivity contribution in [3.63, 3.8) is 0 Å². The number of hydrogen-bond acceptors (Lipinski definition) is 3. The Bertz CT molecular complexity index is 424. The molecule has 114 valence electrons. The van der Waals surface area contributed by atoms with Gasteiger partial charge in [0.1, 0.15) is 5.15 Å². The first-order valence-corrected chi connectivity index (χ1v) is 8.13. The molecule has 1 N–H and O–H groups in total. The van der Waals surface area contributed by atoms with Gasteiger partial charge in [0.15, 0.2) is 0 Å². The average Bonchev–Trinajstić information content (AvgIpc) is 2.67. The maximum atomic E-state index is 6.36. The molecule has 1 aliphatic heterocycles. The highest BCUT2D eigenvalue weighted by atomic mass is 35.5. The van der Waals surface area contributed by atoms with E-state index in [1.54, 1.807) is 4.68 Å². The van der Waals surface area contributed by atoms with Gasteiger partial charge in [0, 0.05) is 31.7 Å². The third kappa shape index (κ3) is 3.96. The van der Waals surface area contributed by atoms with Crippen molar-refractivity contribution in [3.8, 4) is 0 Å². The largest absolute Gasteiger partial charge is 0.313 e. The second-order valence-electron chi connectivity index (χ2n) is 5.86. The van der Waals surface area contributed by atoms with Crippen molar-refractivity contribution in [2.24, 2.45) is 7.05 Å². The number of rotatable bonds is 6. The molecule has 1 fully saturated rings. The lowest BCUT2D eigenvalue weighted by atomic mass is 10.0. The number of halogens is 1. The summed E-state index contributed by atoms with van der Waals surface area (Å²) in [5.41, 5.74) is 2.23. The third-order valence-corrected chi connectivity index (χ3v) is 4.56. The molecular formula is C15H27ClN4. The Kier molecular flexibility index (Phi) is 5.87. The molecule has 1 unspecified atom stereocenters. The quantitative estimate of drug-likeness (QED) is 0.877. The molecule has 5 heteroatoms.